The Bertz CT molecular complexity index is 1130. The van der Waals surface area contributed by atoms with Crippen molar-refractivity contribution in [3.8, 4) is 16.9 Å². The van der Waals surface area contributed by atoms with E-state index in [1.165, 1.54) is 26.2 Å². The molecule has 0 aliphatic heterocycles. The molecule has 6 nitrogen and oxygen atoms in total. The zero-order valence-electron chi connectivity index (χ0n) is 18.1. The zero-order chi connectivity index (χ0) is 23.3. The summed E-state index contributed by atoms with van der Waals surface area (Å²) in [5, 5.41) is 15.9. The van der Waals surface area contributed by atoms with E-state index in [-0.39, 0.29) is 11.7 Å². The fourth-order valence-electron chi connectivity index (χ4n) is 3.32. The molecule has 32 heavy (non-hydrogen) atoms. The lowest BCUT2D eigenvalue weighted by atomic mass is 9.97. The van der Waals surface area contributed by atoms with Crippen molar-refractivity contribution in [1.29, 1.82) is 0 Å². The number of ether oxygens (including phenoxy) is 1. The molecule has 1 amide bonds. The fourth-order valence-corrected chi connectivity index (χ4v) is 3.32. The van der Waals surface area contributed by atoms with Crippen LogP contribution in [0.2, 0.25) is 0 Å². The van der Waals surface area contributed by atoms with E-state index in [1.54, 1.807) is 43.3 Å². The minimum absolute atomic E-state index is 0.117. The molecule has 166 valence electrons. The van der Waals surface area contributed by atoms with E-state index >= 15 is 0 Å². The number of aromatic hydroxyl groups is 1. The molecule has 3 N–H and O–H groups in total. The quantitative estimate of drug-likeness (QED) is 0.357. The van der Waals surface area contributed by atoms with Crippen molar-refractivity contribution in [3.63, 3.8) is 0 Å². The lowest BCUT2D eigenvalue weighted by Gasteiger charge is -2.13. The number of hydrogen-bond acceptors (Lipinski definition) is 5. The van der Waals surface area contributed by atoms with Crippen molar-refractivity contribution >= 4 is 23.3 Å². The van der Waals surface area contributed by atoms with Crippen molar-refractivity contribution in [2.45, 2.75) is 26.3 Å². The Morgan fingerprint density at radius 1 is 1.03 bits per heavy atom. The van der Waals surface area contributed by atoms with Gasteiger partial charge in [0.15, 0.2) is 0 Å². The Balaban J connectivity index is 1.71. The number of carbonyl (C=O) groups is 2. The second kappa shape index (κ2) is 9.96. The normalized spacial score (nSPS) is 11.5. The van der Waals surface area contributed by atoms with Crippen LogP contribution in [0.15, 0.2) is 60.7 Å². The van der Waals surface area contributed by atoms with E-state index in [1.807, 2.05) is 12.1 Å². The van der Waals surface area contributed by atoms with Gasteiger partial charge in [0.25, 0.3) is 0 Å². The van der Waals surface area contributed by atoms with Crippen molar-refractivity contribution in [1.82, 2.24) is 0 Å². The number of carbonyl (C=O) groups excluding carboxylic acids is 2. The maximum atomic E-state index is 14.7. The van der Waals surface area contributed by atoms with E-state index in [0.717, 1.165) is 5.69 Å². The first kappa shape index (κ1) is 22.8. The van der Waals surface area contributed by atoms with Crippen LogP contribution >= 0.6 is 0 Å². The monoisotopic (exact) mass is 436 g/mol. The molecule has 7 heteroatoms. The Hall–Kier alpha value is -3.87. The lowest BCUT2D eigenvalue weighted by molar-refractivity contribution is -0.142. The van der Waals surface area contributed by atoms with Gasteiger partial charge in [-0.15, -0.1) is 0 Å². The summed E-state index contributed by atoms with van der Waals surface area (Å²) in [7, 11) is 1.31. The summed E-state index contributed by atoms with van der Waals surface area (Å²) in [6.07, 6.45) is 0. The summed E-state index contributed by atoms with van der Waals surface area (Å²) in [4.78, 5) is 22.9. The van der Waals surface area contributed by atoms with Gasteiger partial charge in [-0.2, -0.15) is 0 Å². The number of nitrogens with one attached hydrogen (secondary N) is 2. The van der Waals surface area contributed by atoms with Crippen LogP contribution < -0.4 is 10.6 Å². The van der Waals surface area contributed by atoms with Gasteiger partial charge in [-0.05, 0) is 54.4 Å². The summed E-state index contributed by atoms with van der Waals surface area (Å²) in [5.74, 6) is -1.45. The molecule has 0 saturated carbocycles. The van der Waals surface area contributed by atoms with Gasteiger partial charge in [-0.3, -0.25) is 9.59 Å². The molecule has 3 rings (SSSR count). The molecule has 0 radical (unpaired) electrons. The van der Waals surface area contributed by atoms with Crippen molar-refractivity contribution < 1.29 is 23.8 Å². The predicted molar refractivity (Wildman–Crippen MR) is 122 cm³/mol. The number of phenolic OH excluding ortho intramolecular Hbond substituents is 1. The number of benzene rings is 3. The van der Waals surface area contributed by atoms with E-state index in [9.17, 15) is 19.1 Å². The largest absolute Gasteiger partial charge is 0.508 e. The molecule has 0 fully saturated rings. The third-order valence-electron chi connectivity index (χ3n) is 5.13. The topological polar surface area (TPSA) is 87.7 Å². The maximum Gasteiger partial charge on any atom is 0.312 e. The summed E-state index contributed by atoms with van der Waals surface area (Å²) >= 11 is 0. The van der Waals surface area contributed by atoms with Gasteiger partial charge in [0.05, 0.1) is 13.0 Å². The van der Waals surface area contributed by atoms with Gasteiger partial charge in [0, 0.05) is 36.0 Å². The molecule has 3 aromatic rings. The standard InChI is InChI=1S/C25H25FN2O4/c1-15(25(31)32-3)18-6-10-22(23(26)13-18)17-4-7-20(8-5-17)27-14-19-12-21(28-16(2)29)9-11-24(19)30/h4-13,15,27,30H,14H2,1-3H3,(H,28,29). The zero-order valence-corrected chi connectivity index (χ0v) is 18.1. The highest BCUT2D eigenvalue weighted by Crippen LogP contribution is 2.28. The lowest BCUT2D eigenvalue weighted by Crippen LogP contribution is -2.11. The SMILES string of the molecule is COC(=O)C(C)c1ccc(-c2ccc(NCc3cc(NC(C)=O)ccc3O)cc2)c(F)c1. The molecular formula is C25H25FN2O4. The Labute approximate surface area is 186 Å². The Morgan fingerprint density at radius 3 is 2.34 bits per heavy atom. The molecule has 0 aliphatic rings. The first-order valence-corrected chi connectivity index (χ1v) is 10.1. The highest BCUT2D eigenvalue weighted by molar-refractivity contribution is 5.88. The third kappa shape index (κ3) is 5.43. The molecule has 0 heterocycles. The van der Waals surface area contributed by atoms with E-state index in [0.29, 0.717) is 34.5 Å². The van der Waals surface area contributed by atoms with Gasteiger partial charge in [-0.1, -0.05) is 24.3 Å². The summed E-state index contributed by atoms with van der Waals surface area (Å²) in [6, 6.07) is 16.8. The Morgan fingerprint density at radius 2 is 1.72 bits per heavy atom. The molecule has 0 saturated heterocycles. The predicted octanol–water partition coefficient (Wildman–Crippen LogP) is 5.05. The number of amides is 1. The number of anilines is 2. The third-order valence-corrected chi connectivity index (χ3v) is 5.13. The molecule has 1 atom stereocenters. The second-order valence-corrected chi connectivity index (χ2v) is 7.44. The minimum atomic E-state index is -0.546. The fraction of sp³-hybridized carbons (Fsp3) is 0.200. The number of rotatable bonds is 7. The summed E-state index contributed by atoms with van der Waals surface area (Å²) < 4.78 is 19.4. The smallest absolute Gasteiger partial charge is 0.312 e. The van der Waals surface area contributed by atoms with Crippen LogP contribution in [0.4, 0.5) is 15.8 Å². The summed E-state index contributed by atoms with van der Waals surface area (Å²) in [5.41, 5.74) is 3.69. The van der Waals surface area contributed by atoms with Crippen LogP contribution in [0.3, 0.4) is 0 Å². The van der Waals surface area contributed by atoms with Gasteiger partial charge in [-0.25, -0.2) is 4.39 Å². The molecular weight excluding hydrogens is 411 g/mol. The van der Waals surface area contributed by atoms with Crippen LogP contribution in [0.25, 0.3) is 11.1 Å². The number of phenols is 1. The van der Waals surface area contributed by atoms with Crippen molar-refractivity contribution in [2.24, 2.45) is 0 Å². The molecule has 0 spiro atoms. The van der Waals surface area contributed by atoms with E-state index < -0.39 is 17.7 Å². The van der Waals surface area contributed by atoms with Gasteiger partial charge < -0.3 is 20.5 Å². The molecule has 0 bridgehead atoms. The van der Waals surface area contributed by atoms with Gasteiger partial charge >= 0.3 is 5.97 Å². The minimum Gasteiger partial charge on any atom is -0.508 e. The van der Waals surface area contributed by atoms with Crippen LogP contribution in [0.5, 0.6) is 5.75 Å². The Kier molecular flexibility index (Phi) is 7.10. The van der Waals surface area contributed by atoms with Crippen molar-refractivity contribution in [3.05, 3.63) is 77.6 Å². The number of esters is 1. The van der Waals surface area contributed by atoms with E-state index in [2.05, 4.69) is 10.6 Å². The van der Waals surface area contributed by atoms with Crippen LogP contribution in [-0.2, 0) is 20.9 Å². The number of methoxy groups -OCH3 is 1. The highest BCUT2D eigenvalue weighted by Gasteiger charge is 2.17. The molecule has 3 aromatic carbocycles. The number of halogens is 1. The molecule has 1 unspecified atom stereocenters. The molecule has 0 aromatic heterocycles. The van der Waals surface area contributed by atoms with Crippen LogP contribution in [-0.4, -0.2) is 24.1 Å². The average Bonchev–Trinajstić information content (AvgIpc) is 2.78. The summed E-state index contributed by atoms with van der Waals surface area (Å²) in [6.45, 7) is 3.43. The van der Waals surface area contributed by atoms with Gasteiger partial charge in [0.2, 0.25) is 5.91 Å². The second-order valence-electron chi connectivity index (χ2n) is 7.44. The number of hydrogen-bond donors (Lipinski definition) is 3. The van der Waals surface area contributed by atoms with Crippen molar-refractivity contribution in [2.75, 3.05) is 17.7 Å². The van der Waals surface area contributed by atoms with Crippen LogP contribution in [0.1, 0.15) is 30.9 Å². The first-order chi connectivity index (χ1) is 15.3. The van der Waals surface area contributed by atoms with Crippen LogP contribution in [0, 0.1) is 5.82 Å². The van der Waals surface area contributed by atoms with E-state index in [4.69, 9.17) is 4.74 Å². The maximum absolute atomic E-state index is 14.7. The van der Waals surface area contributed by atoms with Gasteiger partial charge in [0.1, 0.15) is 11.6 Å². The average molecular weight is 436 g/mol. The first-order valence-electron chi connectivity index (χ1n) is 10.1. The molecule has 0 aliphatic carbocycles. The highest BCUT2D eigenvalue weighted by atomic mass is 19.1.